The number of rotatable bonds is 6. The molecule has 6 unspecified atom stereocenters. The molecule has 0 aromatic rings. The van der Waals surface area contributed by atoms with Gasteiger partial charge in [0.1, 0.15) is 15.2 Å². The number of fused-ring (bicyclic) bond motifs is 1. The first-order valence-corrected chi connectivity index (χ1v) is 9.81. The minimum atomic E-state index is -0.500. The highest BCUT2D eigenvalue weighted by molar-refractivity contribution is 7.30. The molecule has 0 saturated carbocycles. The Morgan fingerprint density at radius 1 is 1.42 bits per heavy atom. The third kappa shape index (κ3) is 3.73. The van der Waals surface area contributed by atoms with Crippen LogP contribution in [0.25, 0.3) is 0 Å². The molecule has 3 N–H and O–H groups in total. The lowest BCUT2D eigenvalue weighted by Gasteiger charge is -2.30. The molecule has 142 valence electrons. The van der Waals surface area contributed by atoms with Crippen LogP contribution in [-0.2, 0) is 18.8 Å². The average Bonchev–Trinajstić information content (AvgIpc) is 3.38. The number of carbonyl (C=O) groups is 2. The van der Waals surface area contributed by atoms with Crippen molar-refractivity contribution >= 4 is 33.4 Å². The number of amides is 2. The van der Waals surface area contributed by atoms with E-state index >= 15 is 0 Å². The Hall–Kier alpha value is -1.61. The van der Waals surface area contributed by atoms with Gasteiger partial charge in [0.25, 0.3) is 5.91 Å². The Morgan fingerprint density at radius 2 is 2.35 bits per heavy atom. The summed E-state index contributed by atoms with van der Waals surface area (Å²) in [7, 11) is -0.0738. The molecule has 4 aliphatic rings. The zero-order valence-corrected chi connectivity index (χ0v) is 15.3. The molecule has 0 bridgehead atoms. The number of hydrogen-bond acceptors (Lipinski definition) is 8. The van der Waals surface area contributed by atoms with Crippen molar-refractivity contribution in [3.63, 3.8) is 0 Å². The van der Waals surface area contributed by atoms with Crippen LogP contribution in [0.4, 0.5) is 0 Å². The van der Waals surface area contributed by atoms with Gasteiger partial charge < -0.3 is 29.9 Å². The number of nitrogens with zero attached hydrogens (tertiary/aromatic N) is 3. The summed E-state index contributed by atoms with van der Waals surface area (Å²) in [4.78, 5) is 34.1. The predicted molar refractivity (Wildman–Crippen MR) is 95.9 cm³/mol. The third-order valence-electron chi connectivity index (χ3n) is 4.96. The van der Waals surface area contributed by atoms with E-state index < -0.39 is 6.04 Å². The van der Waals surface area contributed by atoms with Crippen LogP contribution >= 0.6 is 8.96 Å². The van der Waals surface area contributed by atoms with Crippen LogP contribution in [-0.4, -0.2) is 73.1 Å². The van der Waals surface area contributed by atoms with Gasteiger partial charge in [-0.05, 0) is 32.2 Å². The van der Waals surface area contributed by atoms with Gasteiger partial charge in [0.05, 0.1) is 31.4 Å². The normalized spacial score (nSPS) is 36.1. The summed E-state index contributed by atoms with van der Waals surface area (Å²) in [6.07, 6.45) is 6.14. The Balaban J connectivity index is 1.18. The molecule has 26 heavy (non-hydrogen) atoms. The molecule has 6 atom stereocenters. The van der Waals surface area contributed by atoms with Gasteiger partial charge in [0.15, 0.2) is 12.2 Å². The molecular weight excluding hydrogens is 359 g/mol. The van der Waals surface area contributed by atoms with Crippen LogP contribution in [0.2, 0.25) is 0 Å². The second kappa shape index (κ2) is 7.96. The van der Waals surface area contributed by atoms with E-state index in [1.165, 1.54) is 6.34 Å². The molecule has 2 saturated heterocycles. The molecule has 0 spiro atoms. The highest BCUT2D eigenvalue weighted by Crippen LogP contribution is 2.29. The van der Waals surface area contributed by atoms with E-state index in [9.17, 15) is 9.59 Å². The minimum absolute atomic E-state index is 0.00110. The van der Waals surface area contributed by atoms with Crippen LogP contribution in [0, 0.1) is 0 Å². The molecule has 0 radical (unpaired) electrons. The summed E-state index contributed by atoms with van der Waals surface area (Å²) in [5.41, 5.74) is 0. The molecule has 0 aliphatic carbocycles. The highest BCUT2D eigenvalue weighted by atomic mass is 31.1. The summed E-state index contributed by atoms with van der Waals surface area (Å²) in [5.74, 6) is -0.144. The van der Waals surface area contributed by atoms with Crippen molar-refractivity contribution in [2.75, 3.05) is 13.2 Å². The largest absolute Gasteiger partial charge is 0.353 e. The molecule has 10 nitrogen and oxygen atoms in total. The van der Waals surface area contributed by atoms with Crippen LogP contribution < -0.4 is 15.7 Å². The standard InChI is InChI=1S/C15H23N6O4P/c22-14(10-2-1-5-16-10)20-26-24-6-9-3-4-11(25-9)21-8-19-12-13(21)17-7-18-15(12)23/h7-13,16,26H,1-6H2,(H,20,22)(H,17,18,23). The van der Waals surface area contributed by atoms with E-state index in [0.29, 0.717) is 6.61 Å². The highest BCUT2D eigenvalue weighted by Gasteiger charge is 2.42. The zero-order valence-electron chi connectivity index (χ0n) is 14.3. The Bertz CT molecular complexity index is 611. The van der Waals surface area contributed by atoms with Crippen molar-refractivity contribution < 1.29 is 18.8 Å². The fourth-order valence-electron chi connectivity index (χ4n) is 3.57. The number of nitrogens with one attached hydrogen (secondary N) is 3. The van der Waals surface area contributed by atoms with Gasteiger partial charge in [-0.3, -0.25) is 14.6 Å². The van der Waals surface area contributed by atoms with E-state index in [4.69, 9.17) is 9.26 Å². The van der Waals surface area contributed by atoms with E-state index in [-0.39, 0.29) is 45.3 Å². The molecule has 11 heteroatoms. The number of ether oxygens (including phenoxy) is 1. The van der Waals surface area contributed by atoms with E-state index in [2.05, 4.69) is 25.7 Å². The fourth-order valence-corrected chi connectivity index (χ4v) is 4.19. The van der Waals surface area contributed by atoms with Gasteiger partial charge in [-0.2, -0.15) is 0 Å². The van der Waals surface area contributed by atoms with Crippen molar-refractivity contribution in [2.24, 2.45) is 9.98 Å². The second-order valence-electron chi connectivity index (χ2n) is 6.70. The van der Waals surface area contributed by atoms with Crippen molar-refractivity contribution in [3.05, 3.63) is 0 Å². The lowest BCUT2D eigenvalue weighted by atomic mass is 10.2. The predicted octanol–water partition coefficient (Wildman–Crippen LogP) is -0.918. The minimum Gasteiger partial charge on any atom is -0.353 e. The number of hydrogen-bond donors (Lipinski definition) is 3. The van der Waals surface area contributed by atoms with Gasteiger partial charge in [0.2, 0.25) is 5.91 Å². The summed E-state index contributed by atoms with van der Waals surface area (Å²) < 4.78 is 11.6. The van der Waals surface area contributed by atoms with Gasteiger partial charge in [-0.15, -0.1) is 0 Å². The summed E-state index contributed by atoms with van der Waals surface area (Å²) in [6, 6.07) is -0.589. The van der Waals surface area contributed by atoms with E-state index in [1.807, 2.05) is 4.90 Å². The maximum Gasteiger partial charge on any atom is 0.254 e. The van der Waals surface area contributed by atoms with E-state index in [1.54, 1.807) is 6.34 Å². The Morgan fingerprint density at radius 3 is 3.19 bits per heavy atom. The maximum absolute atomic E-state index is 11.9. The van der Waals surface area contributed by atoms with Crippen LogP contribution in [0.15, 0.2) is 9.98 Å². The molecule has 4 aliphatic heterocycles. The van der Waals surface area contributed by atoms with Crippen molar-refractivity contribution in [1.29, 1.82) is 0 Å². The van der Waals surface area contributed by atoms with Gasteiger partial charge in [-0.1, -0.05) is 0 Å². The van der Waals surface area contributed by atoms with E-state index in [0.717, 1.165) is 32.2 Å². The molecule has 4 heterocycles. The van der Waals surface area contributed by atoms with Crippen molar-refractivity contribution in [2.45, 2.75) is 56.3 Å². The quantitative estimate of drug-likeness (QED) is 0.404. The number of aliphatic imine (C=N–C) groups is 2. The molecule has 0 aromatic heterocycles. The monoisotopic (exact) mass is 382 g/mol. The first-order chi connectivity index (χ1) is 12.7. The zero-order chi connectivity index (χ0) is 17.9. The summed E-state index contributed by atoms with van der Waals surface area (Å²) in [6.45, 7) is 1.32. The van der Waals surface area contributed by atoms with Gasteiger partial charge >= 0.3 is 0 Å². The van der Waals surface area contributed by atoms with Crippen LogP contribution in [0.5, 0.6) is 0 Å². The second-order valence-corrected chi connectivity index (χ2v) is 7.44. The summed E-state index contributed by atoms with van der Waals surface area (Å²) >= 11 is 0. The van der Waals surface area contributed by atoms with Gasteiger partial charge in [-0.25, -0.2) is 4.99 Å². The smallest absolute Gasteiger partial charge is 0.254 e. The maximum atomic E-state index is 11.9. The SMILES string of the molecule is O=C(NPOCC1CCC(N2C=NC3C(=O)NC=NC32)O1)C1CCCN1. The lowest BCUT2D eigenvalue weighted by molar-refractivity contribution is -0.123. The fraction of sp³-hybridized carbons (Fsp3) is 0.733. The molecule has 0 aromatic carbocycles. The topological polar surface area (TPSA) is 117 Å². The van der Waals surface area contributed by atoms with Gasteiger partial charge in [0, 0.05) is 0 Å². The Kier molecular flexibility index (Phi) is 5.44. The molecule has 2 amide bonds. The number of carbonyl (C=O) groups excluding carboxylic acids is 2. The molecule has 2 fully saturated rings. The van der Waals surface area contributed by atoms with Crippen molar-refractivity contribution in [3.8, 4) is 0 Å². The van der Waals surface area contributed by atoms with Crippen LogP contribution in [0.1, 0.15) is 25.7 Å². The first-order valence-electron chi connectivity index (χ1n) is 8.90. The third-order valence-corrected chi connectivity index (χ3v) is 5.62. The molecular formula is C15H23N6O4P. The average molecular weight is 382 g/mol. The molecule has 4 rings (SSSR count). The summed E-state index contributed by atoms with van der Waals surface area (Å²) in [5, 5.41) is 8.53. The Labute approximate surface area is 153 Å². The lowest BCUT2D eigenvalue weighted by Crippen LogP contribution is -2.50. The van der Waals surface area contributed by atoms with Crippen molar-refractivity contribution in [1.82, 2.24) is 20.6 Å². The first kappa shape index (κ1) is 17.8. The van der Waals surface area contributed by atoms with Crippen LogP contribution in [0.3, 0.4) is 0 Å².